The maximum atomic E-state index is 12.1. The number of nitrogens with zero attached hydrogens (tertiary/aromatic N) is 1. The Hall–Kier alpha value is -2.59. The number of thiocarbonyl (C=S) groups is 1. The minimum atomic E-state index is -0.550. The summed E-state index contributed by atoms with van der Waals surface area (Å²) in [7, 11) is 0. The molecule has 1 aliphatic heterocycles. The number of nitrogens with one attached hydrogen (secondary N) is 2. The lowest BCUT2D eigenvalue weighted by molar-refractivity contribution is -0.384. The topological polar surface area (TPSA) is 120 Å². The van der Waals surface area contributed by atoms with Crippen LogP contribution in [0.1, 0.15) is 26.7 Å². The van der Waals surface area contributed by atoms with E-state index in [1.807, 2.05) is 13.8 Å². The van der Waals surface area contributed by atoms with Gasteiger partial charge in [0.1, 0.15) is 6.10 Å². The first-order valence-corrected chi connectivity index (χ1v) is 8.82. The Morgan fingerprint density at radius 2 is 2.22 bits per heavy atom. The van der Waals surface area contributed by atoms with Crippen LogP contribution in [-0.4, -0.2) is 40.7 Å². The second kappa shape index (κ2) is 9.38. The zero-order valence-electron chi connectivity index (χ0n) is 15.0. The van der Waals surface area contributed by atoms with Crippen molar-refractivity contribution in [3.63, 3.8) is 0 Å². The van der Waals surface area contributed by atoms with Gasteiger partial charge in [0.05, 0.1) is 23.6 Å². The summed E-state index contributed by atoms with van der Waals surface area (Å²) in [6.07, 6.45) is 0.0219. The number of rotatable bonds is 7. The van der Waals surface area contributed by atoms with Gasteiger partial charge in [0.25, 0.3) is 5.69 Å². The molecule has 2 N–H and O–H groups in total. The van der Waals surface area contributed by atoms with Gasteiger partial charge in [-0.3, -0.25) is 19.7 Å². The summed E-state index contributed by atoms with van der Waals surface area (Å²) < 4.78 is 10.6. The number of hydrogen-bond acceptors (Lipinski definition) is 7. The van der Waals surface area contributed by atoms with E-state index in [9.17, 15) is 19.7 Å². The van der Waals surface area contributed by atoms with Crippen molar-refractivity contribution in [3.8, 4) is 0 Å². The molecule has 0 bridgehead atoms. The van der Waals surface area contributed by atoms with Crippen molar-refractivity contribution >= 4 is 40.6 Å². The Morgan fingerprint density at radius 3 is 2.89 bits per heavy atom. The van der Waals surface area contributed by atoms with Gasteiger partial charge in [0.2, 0.25) is 5.91 Å². The first-order valence-electron chi connectivity index (χ1n) is 8.42. The molecule has 2 atom stereocenters. The van der Waals surface area contributed by atoms with E-state index in [-0.39, 0.29) is 29.4 Å². The molecule has 1 amide bonds. The Morgan fingerprint density at radius 1 is 1.48 bits per heavy atom. The van der Waals surface area contributed by atoms with Crippen LogP contribution < -0.4 is 10.6 Å². The highest BCUT2D eigenvalue weighted by molar-refractivity contribution is 7.80. The summed E-state index contributed by atoms with van der Waals surface area (Å²) >= 11 is 5.04. The third-order valence-corrected chi connectivity index (χ3v) is 3.98. The molecule has 0 radical (unpaired) electrons. The summed E-state index contributed by atoms with van der Waals surface area (Å²) in [4.78, 5) is 34.2. The molecule has 1 fully saturated rings. The van der Waals surface area contributed by atoms with E-state index in [2.05, 4.69) is 10.6 Å². The van der Waals surface area contributed by atoms with Crippen molar-refractivity contribution in [2.75, 3.05) is 11.9 Å². The Kier molecular flexibility index (Phi) is 7.19. The quantitative estimate of drug-likeness (QED) is 0.312. The van der Waals surface area contributed by atoms with Crippen LogP contribution in [0.5, 0.6) is 0 Å². The monoisotopic (exact) mass is 395 g/mol. The standard InChI is InChI=1S/C17H21N3O6S/c1-10(2)25-9-14-6-11(16(22)26-14)7-15(21)19-17(27)18-12-4-3-5-13(8-12)20(23)24/h3-5,8,10-11,14H,6-7,9H2,1-2H3,(H2,18,19,21,27)/t11-,14+/m1/s1. The van der Waals surface area contributed by atoms with Crippen LogP contribution in [0.15, 0.2) is 24.3 Å². The molecule has 0 unspecified atom stereocenters. The fraction of sp³-hybridized carbons (Fsp3) is 0.471. The zero-order valence-corrected chi connectivity index (χ0v) is 15.8. The van der Waals surface area contributed by atoms with Crippen LogP contribution in [-0.2, 0) is 19.1 Å². The zero-order chi connectivity index (χ0) is 20.0. The van der Waals surface area contributed by atoms with Gasteiger partial charge in [-0.05, 0) is 32.1 Å². The maximum Gasteiger partial charge on any atom is 0.309 e. The van der Waals surface area contributed by atoms with Crippen molar-refractivity contribution in [1.82, 2.24) is 5.32 Å². The van der Waals surface area contributed by atoms with Gasteiger partial charge in [0.15, 0.2) is 5.11 Å². The lowest BCUT2D eigenvalue weighted by Gasteiger charge is -2.12. The molecular weight excluding hydrogens is 374 g/mol. The largest absolute Gasteiger partial charge is 0.460 e. The second-order valence-electron chi connectivity index (χ2n) is 6.39. The lowest BCUT2D eigenvalue weighted by Crippen LogP contribution is -2.35. The average Bonchev–Trinajstić information content (AvgIpc) is 2.92. The van der Waals surface area contributed by atoms with Crippen LogP contribution in [0.25, 0.3) is 0 Å². The number of carbonyl (C=O) groups excluding carboxylic acids is 2. The van der Waals surface area contributed by atoms with Crippen molar-refractivity contribution in [2.24, 2.45) is 5.92 Å². The van der Waals surface area contributed by atoms with Gasteiger partial charge < -0.3 is 20.1 Å². The molecule has 0 saturated carbocycles. The maximum absolute atomic E-state index is 12.1. The predicted octanol–water partition coefficient (Wildman–Crippen LogP) is 2.15. The molecule has 1 aromatic carbocycles. The lowest BCUT2D eigenvalue weighted by atomic mass is 10.0. The van der Waals surface area contributed by atoms with E-state index < -0.39 is 22.7 Å². The number of carbonyl (C=O) groups is 2. The Bertz CT molecular complexity index is 739. The van der Waals surface area contributed by atoms with Crippen LogP contribution in [0.4, 0.5) is 11.4 Å². The number of nitro groups is 1. The first-order chi connectivity index (χ1) is 12.7. The fourth-order valence-electron chi connectivity index (χ4n) is 2.55. The Labute approximate surface area is 161 Å². The minimum absolute atomic E-state index is 0.00782. The first kappa shape index (κ1) is 20.7. The molecule has 1 aromatic rings. The molecule has 1 aliphatic rings. The number of anilines is 1. The second-order valence-corrected chi connectivity index (χ2v) is 6.80. The van der Waals surface area contributed by atoms with Crippen LogP contribution in [0.3, 0.4) is 0 Å². The van der Waals surface area contributed by atoms with E-state index in [0.29, 0.717) is 18.7 Å². The fourth-order valence-corrected chi connectivity index (χ4v) is 2.78. The van der Waals surface area contributed by atoms with Gasteiger partial charge in [-0.25, -0.2) is 0 Å². The van der Waals surface area contributed by atoms with Gasteiger partial charge >= 0.3 is 5.97 Å². The summed E-state index contributed by atoms with van der Waals surface area (Å²) in [6, 6.07) is 5.72. The van der Waals surface area contributed by atoms with Gasteiger partial charge in [-0.2, -0.15) is 0 Å². The van der Waals surface area contributed by atoms with Gasteiger partial charge in [0, 0.05) is 30.7 Å². The van der Waals surface area contributed by atoms with Crippen molar-refractivity contribution in [3.05, 3.63) is 34.4 Å². The predicted molar refractivity (Wildman–Crippen MR) is 101 cm³/mol. The highest BCUT2D eigenvalue weighted by Gasteiger charge is 2.36. The summed E-state index contributed by atoms with van der Waals surface area (Å²) in [6.45, 7) is 4.07. The molecule has 0 aromatic heterocycles. The number of nitro benzene ring substituents is 1. The molecule has 0 aliphatic carbocycles. The number of benzene rings is 1. The van der Waals surface area contributed by atoms with Crippen LogP contribution >= 0.6 is 12.2 Å². The van der Waals surface area contributed by atoms with E-state index in [4.69, 9.17) is 21.7 Å². The number of cyclic esters (lactones) is 1. The number of non-ortho nitro benzene ring substituents is 1. The molecule has 146 valence electrons. The highest BCUT2D eigenvalue weighted by atomic mass is 32.1. The average molecular weight is 395 g/mol. The van der Waals surface area contributed by atoms with Crippen molar-refractivity contribution in [2.45, 2.75) is 38.9 Å². The van der Waals surface area contributed by atoms with Crippen molar-refractivity contribution < 1.29 is 24.0 Å². The van der Waals surface area contributed by atoms with Gasteiger partial charge in [-0.15, -0.1) is 0 Å². The molecule has 0 spiro atoms. The highest BCUT2D eigenvalue weighted by Crippen LogP contribution is 2.24. The summed E-state index contributed by atoms with van der Waals surface area (Å²) in [5.41, 5.74) is 0.276. The summed E-state index contributed by atoms with van der Waals surface area (Å²) in [5, 5.41) is 15.9. The molecule has 2 rings (SSSR count). The van der Waals surface area contributed by atoms with Crippen molar-refractivity contribution in [1.29, 1.82) is 0 Å². The van der Waals surface area contributed by atoms with E-state index in [1.165, 1.54) is 18.2 Å². The van der Waals surface area contributed by atoms with E-state index >= 15 is 0 Å². The smallest absolute Gasteiger partial charge is 0.309 e. The van der Waals surface area contributed by atoms with E-state index in [0.717, 1.165) is 0 Å². The molecule has 9 nitrogen and oxygen atoms in total. The van der Waals surface area contributed by atoms with Crippen LogP contribution in [0, 0.1) is 16.0 Å². The van der Waals surface area contributed by atoms with Crippen LogP contribution in [0.2, 0.25) is 0 Å². The molecular formula is C17H21N3O6S. The summed E-state index contributed by atoms with van der Waals surface area (Å²) in [5.74, 6) is -1.42. The third-order valence-electron chi connectivity index (χ3n) is 3.78. The van der Waals surface area contributed by atoms with E-state index in [1.54, 1.807) is 6.07 Å². The molecule has 1 heterocycles. The number of ether oxygens (including phenoxy) is 2. The van der Waals surface area contributed by atoms with Gasteiger partial charge in [-0.1, -0.05) is 6.07 Å². The molecule has 10 heteroatoms. The number of esters is 1. The molecule has 27 heavy (non-hydrogen) atoms. The molecule has 1 saturated heterocycles. The normalized spacial score (nSPS) is 18.9. The number of hydrogen-bond donors (Lipinski definition) is 2. The Balaban J connectivity index is 1.81. The SMILES string of the molecule is CC(C)OC[C@@H]1C[C@H](CC(=O)NC(=S)Nc2cccc([N+](=O)[O-])c2)C(=O)O1. The number of amides is 1. The minimum Gasteiger partial charge on any atom is -0.460 e. The third kappa shape index (κ3) is 6.57.